The van der Waals surface area contributed by atoms with Crippen LogP contribution in [0, 0.1) is 5.92 Å². The number of ether oxygens (including phenoxy) is 1. The smallest absolute Gasteiger partial charge is 0.119 e. The molecule has 23 heavy (non-hydrogen) atoms. The third kappa shape index (κ3) is 5.02. The van der Waals surface area contributed by atoms with Crippen LogP contribution in [0.15, 0.2) is 48.5 Å². The fourth-order valence-corrected chi connectivity index (χ4v) is 3.14. The van der Waals surface area contributed by atoms with E-state index < -0.39 is 0 Å². The summed E-state index contributed by atoms with van der Waals surface area (Å²) in [5.74, 6) is 1.89. The molecule has 0 aromatic heterocycles. The topological polar surface area (TPSA) is 29.5 Å². The average Bonchev–Trinajstić information content (AvgIpc) is 2.48. The van der Waals surface area contributed by atoms with Gasteiger partial charge >= 0.3 is 0 Å². The molecule has 2 heteroatoms. The van der Waals surface area contributed by atoms with Crippen LogP contribution in [0.1, 0.15) is 45.2 Å². The normalized spacial score (nSPS) is 11.7. The molecule has 0 aliphatic carbocycles. The molecule has 0 radical (unpaired) electrons. The second-order valence-corrected chi connectivity index (χ2v) is 7.23. The fourth-order valence-electron chi connectivity index (χ4n) is 3.14. The van der Waals surface area contributed by atoms with Gasteiger partial charge in [0.2, 0.25) is 0 Å². The molecule has 0 fully saturated rings. The molecule has 124 valence electrons. The maximum absolute atomic E-state index is 9.75. The van der Waals surface area contributed by atoms with Crippen LogP contribution in [0.25, 0.3) is 0 Å². The Labute approximate surface area is 140 Å². The molecule has 0 aliphatic heterocycles. The van der Waals surface area contributed by atoms with Gasteiger partial charge < -0.3 is 9.84 Å². The lowest BCUT2D eigenvalue weighted by molar-refractivity contribution is 0.319. The molecule has 2 aromatic carbocycles. The number of phenols is 1. The summed E-state index contributed by atoms with van der Waals surface area (Å²) in [7, 11) is 0. The summed E-state index contributed by atoms with van der Waals surface area (Å²) in [4.78, 5) is 0. The summed E-state index contributed by atoms with van der Waals surface area (Å²) >= 11 is 0. The van der Waals surface area contributed by atoms with Gasteiger partial charge in [0.05, 0.1) is 6.61 Å². The van der Waals surface area contributed by atoms with E-state index >= 15 is 0 Å². The zero-order chi connectivity index (χ0) is 16.9. The monoisotopic (exact) mass is 312 g/mol. The van der Waals surface area contributed by atoms with Gasteiger partial charge in [-0.1, -0.05) is 58.0 Å². The van der Waals surface area contributed by atoms with Gasteiger partial charge in [0.1, 0.15) is 11.5 Å². The van der Waals surface area contributed by atoms with Crippen molar-refractivity contribution in [2.24, 2.45) is 5.92 Å². The third-order valence-electron chi connectivity index (χ3n) is 4.19. The Morgan fingerprint density at radius 2 is 1.65 bits per heavy atom. The number of hydrogen-bond donors (Lipinski definition) is 1. The Balaban J connectivity index is 1.91. The number of hydrogen-bond acceptors (Lipinski definition) is 2. The second-order valence-electron chi connectivity index (χ2n) is 7.23. The van der Waals surface area contributed by atoms with Crippen molar-refractivity contribution in [3.8, 4) is 11.5 Å². The number of para-hydroxylation sites is 1. The van der Waals surface area contributed by atoms with Gasteiger partial charge in [-0.3, -0.25) is 0 Å². The van der Waals surface area contributed by atoms with Crippen molar-refractivity contribution < 1.29 is 9.84 Å². The molecule has 2 nitrogen and oxygen atoms in total. The molecule has 2 rings (SSSR count). The maximum Gasteiger partial charge on any atom is 0.119 e. The minimum Gasteiger partial charge on any atom is -0.508 e. The van der Waals surface area contributed by atoms with Crippen LogP contribution in [0.3, 0.4) is 0 Å². The first-order valence-corrected chi connectivity index (χ1v) is 8.39. The first-order valence-electron chi connectivity index (χ1n) is 8.39. The zero-order valence-corrected chi connectivity index (χ0v) is 14.7. The van der Waals surface area contributed by atoms with Crippen LogP contribution in [0.4, 0.5) is 0 Å². The van der Waals surface area contributed by atoms with Gasteiger partial charge in [-0.05, 0) is 47.1 Å². The lowest BCUT2D eigenvalue weighted by atomic mass is 9.78. The molecule has 0 amide bonds. The molecule has 0 saturated carbocycles. The van der Waals surface area contributed by atoms with Crippen molar-refractivity contribution in [3.05, 3.63) is 59.7 Å². The van der Waals surface area contributed by atoms with E-state index in [1.165, 1.54) is 12.0 Å². The summed E-state index contributed by atoms with van der Waals surface area (Å²) in [5, 5.41) is 9.75. The molecule has 0 saturated heterocycles. The Bertz CT molecular complexity index is 612. The van der Waals surface area contributed by atoms with Crippen molar-refractivity contribution in [2.75, 3.05) is 6.61 Å². The highest BCUT2D eigenvalue weighted by molar-refractivity contribution is 5.33. The highest BCUT2D eigenvalue weighted by atomic mass is 16.5. The van der Waals surface area contributed by atoms with Crippen LogP contribution >= 0.6 is 0 Å². The predicted molar refractivity (Wildman–Crippen MR) is 96.2 cm³/mol. The van der Waals surface area contributed by atoms with Crippen LogP contribution < -0.4 is 4.74 Å². The van der Waals surface area contributed by atoms with Crippen molar-refractivity contribution >= 4 is 0 Å². The van der Waals surface area contributed by atoms with Gasteiger partial charge in [-0.2, -0.15) is 0 Å². The van der Waals surface area contributed by atoms with Gasteiger partial charge in [-0.25, -0.2) is 0 Å². The molecule has 0 unspecified atom stereocenters. The lowest BCUT2D eigenvalue weighted by Gasteiger charge is -2.27. The minimum absolute atomic E-state index is 0.183. The summed E-state index contributed by atoms with van der Waals surface area (Å²) in [6.07, 6.45) is 1.87. The van der Waals surface area contributed by atoms with Crippen LogP contribution in [0.5, 0.6) is 11.5 Å². The second kappa shape index (κ2) is 7.54. The van der Waals surface area contributed by atoms with Gasteiger partial charge in [-0.15, -0.1) is 0 Å². The molecule has 2 aromatic rings. The van der Waals surface area contributed by atoms with Gasteiger partial charge in [0, 0.05) is 6.42 Å². The molecule has 0 atom stereocenters. The van der Waals surface area contributed by atoms with E-state index in [1.807, 2.05) is 30.3 Å². The third-order valence-corrected chi connectivity index (χ3v) is 4.19. The predicted octanol–water partition coefficient (Wildman–Crippen LogP) is 5.34. The quantitative estimate of drug-likeness (QED) is 0.748. The van der Waals surface area contributed by atoms with E-state index in [1.54, 1.807) is 6.07 Å². The van der Waals surface area contributed by atoms with E-state index in [0.717, 1.165) is 11.3 Å². The first kappa shape index (κ1) is 17.4. The van der Waals surface area contributed by atoms with E-state index in [4.69, 9.17) is 4.74 Å². The molecule has 0 bridgehead atoms. The lowest BCUT2D eigenvalue weighted by Crippen LogP contribution is -2.19. The summed E-state index contributed by atoms with van der Waals surface area (Å²) < 4.78 is 5.80. The summed E-state index contributed by atoms with van der Waals surface area (Å²) in [5.41, 5.74) is 2.45. The molecular formula is C21H28O2. The van der Waals surface area contributed by atoms with Gasteiger partial charge in [0.15, 0.2) is 0 Å². The van der Waals surface area contributed by atoms with Crippen molar-refractivity contribution in [1.29, 1.82) is 0 Å². The van der Waals surface area contributed by atoms with Crippen LogP contribution in [0.2, 0.25) is 0 Å². The SMILES string of the molecule is CC(C)CC(C)(C)c1ccc(OCCc2ccccc2O)cc1. The van der Waals surface area contributed by atoms with Crippen molar-refractivity contribution in [3.63, 3.8) is 0 Å². The Kier molecular flexibility index (Phi) is 5.70. The largest absolute Gasteiger partial charge is 0.508 e. The highest BCUT2D eigenvalue weighted by Crippen LogP contribution is 2.31. The van der Waals surface area contributed by atoms with Crippen LogP contribution in [-0.4, -0.2) is 11.7 Å². The van der Waals surface area contributed by atoms with E-state index in [0.29, 0.717) is 24.7 Å². The Morgan fingerprint density at radius 3 is 2.26 bits per heavy atom. The van der Waals surface area contributed by atoms with E-state index in [-0.39, 0.29) is 5.41 Å². The van der Waals surface area contributed by atoms with E-state index in [2.05, 4.69) is 39.8 Å². The molecule has 0 heterocycles. The Hall–Kier alpha value is -1.96. The molecule has 0 aliphatic rings. The average molecular weight is 312 g/mol. The number of aromatic hydroxyl groups is 1. The first-order chi connectivity index (χ1) is 10.9. The number of phenolic OH excluding ortho intramolecular Hbond substituents is 1. The van der Waals surface area contributed by atoms with Crippen LogP contribution in [-0.2, 0) is 11.8 Å². The zero-order valence-electron chi connectivity index (χ0n) is 14.7. The fraction of sp³-hybridized carbons (Fsp3) is 0.429. The standard InChI is InChI=1S/C21H28O2/c1-16(2)15-21(3,4)18-9-11-19(12-10-18)23-14-13-17-7-5-6-8-20(17)22/h5-12,16,22H,13-15H2,1-4H3. The van der Waals surface area contributed by atoms with Crippen molar-refractivity contribution in [1.82, 2.24) is 0 Å². The molecule has 0 spiro atoms. The minimum atomic E-state index is 0.183. The Morgan fingerprint density at radius 1 is 1.00 bits per heavy atom. The van der Waals surface area contributed by atoms with E-state index in [9.17, 15) is 5.11 Å². The summed E-state index contributed by atoms with van der Waals surface area (Å²) in [6, 6.07) is 15.8. The number of benzene rings is 2. The highest BCUT2D eigenvalue weighted by Gasteiger charge is 2.21. The maximum atomic E-state index is 9.75. The molecule has 1 N–H and O–H groups in total. The van der Waals surface area contributed by atoms with Gasteiger partial charge in [0.25, 0.3) is 0 Å². The summed E-state index contributed by atoms with van der Waals surface area (Å²) in [6.45, 7) is 9.67. The van der Waals surface area contributed by atoms with Crippen molar-refractivity contribution in [2.45, 2.75) is 46.0 Å². The number of rotatable bonds is 7. The molecular weight excluding hydrogens is 284 g/mol.